The van der Waals surface area contributed by atoms with Crippen LogP contribution in [0, 0.1) is 5.82 Å². The lowest BCUT2D eigenvalue weighted by Crippen LogP contribution is -2.07. The molecular weight excluding hydrogens is 276 g/mol. The van der Waals surface area contributed by atoms with Gasteiger partial charge in [-0.15, -0.1) is 0 Å². The summed E-state index contributed by atoms with van der Waals surface area (Å²) in [6, 6.07) is 7.84. The molecular formula is C13H10Cl2FNO. The zero-order valence-electron chi connectivity index (χ0n) is 9.28. The molecule has 1 atom stereocenters. The molecule has 0 aliphatic rings. The molecule has 0 aliphatic heterocycles. The molecule has 0 fully saturated rings. The van der Waals surface area contributed by atoms with Gasteiger partial charge in [0.1, 0.15) is 17.6 Å². The van der Waals surface area contributed by atoms with Gasteiger partial charge >= 0.3 is 0 Å². The Morgan fingerprint density at radius 2 is 2.00 bits per heavy atom. The van der Waals surface area contributed by atoms with Crippen LogP contribution >= 0.6 is 23.2 Å². The van der Waals surface area contributed by atoms with Gasteiger partial charge in [-0.3, -0.25) is 4.98 Å². The highest BCUT2D eigenvalue weighted by Gasteiger charge is 2.16. The number of rotatable bonds is 3. The Hall–Kier alpha value is -1.16. The van der Waals surface area contributed by atoms with Gasteiger partial charge in [0.2, 0.25) is 0 Å². The number of hydrogen-bond donors (Lipinski definition) is 1. The zero-order valence-corrected chi connectivity index (χ0v) is 10.8. The van der Waals surface area contributed by atoms with Crippen molar-refractivity contribution < 1.29 is 9.50 Å². The standard InChI is InChI=1S/C13H10Cl2FNO/c14-9-4-1-3-8(12(9)15)7-11(18)13-10(16)5-2-6-17-13/h1-6,11,18H,7H2. The number of nitrogens with zero attached hydrogens (tertiary/aromatic N) is 1. The fourth-order valence-corrected chi connectivity index (χ4v) is 2.05. The summed E-state index contributed by atoms with van der Waals surface area (Å²) in [6.45, 7) is 0. The Labute approximate surface area is 114 Å². The quantitative estimate of drug-likeness (QED) is 0.930. The Balaban J connectivity index is 2.24. The van der Waals surface area contributed by atoms with Crippen molar-refractivity contribution in [3.8, 4) is 0 Å². The van der Waals surface area contributed by atoms with Crippen molar-refractivity contribution in [1.82, 2.24) is 4.98 Å². The second-order valence-corrected chi connectivity index (χ2v) is 4.59. The second-order valence-electron chi connectivity index (χ2n) is 3.80. The average Bonchev–Trinajstić information content (AvgIpc) is 2.35. The Bertz CT molecular complexity index is 562. The lowest BCUT2D eigenvalue weighted by molar-refractivity contribution is 0.168. The first kappa shape index (κ1) is 13.3. The van der Waals surface area contributed by atoms with Crippen molar-refractivity contribution in [1.29, 1.82) is 0 Å². The van der Waals surface area contributed by atoms with Crippen LogP contribution in [0.15, 0.2) is 36.5 Å². The molecule has 18 heavy (non-hydrogen) atoms. The number of aromatic nitrogens is 1. The van der Waals surface area contributed by atoms with E-state index in [1.54, 1.807) is 18.2 Å². The predicted octanol–water partition coefficient (Wildman–Crippen LogP) is 3.80. The van der Waals surface area contributed by atoms with Crippen LogP contribution in [-0.4, -0.2) is 10.1 Å². The summed E-state index contributed by atoms with van der Waals surface area (Å²) < 4.78 is 13.4. The fraction of sp³-hybridized carbons (Fsp3) is 0.154. The van der Waals surface area contributed by atoms with E-state index >= 15 is 0 Å². The first-order valence-electron chi connectivity index (χ1n) is 5.31. The van der Waals surface area contributed by atoms with Crippen LogP contribution in [0.5, 0.6) is 0 Å². The monoisotopic (exact) mass is 285 g/mol. The van der Waals surface area contributed by atoms with E-state index in [9.17, 15) is 9.50 Å². The van der Waals surface area contributed by atoms with Crippen LogP contribution in [0.25, 0.3) is 0 Å². The van der Waals surface area contributed by atoms with E-state index in [-0.39, 0.29) is 12.1 Å². The molecule has 94 valence electrons. The van der Waals surface area contributed by atoms with E-state index in [0.717, 1.165) is 0 Å². The summed E-state index contributed by atoms with van der Waals surface area (Å²) in [6.07, 6.45) is 0.538. The van der Waals surface area contributed by atoms with Gasteiger partial charge in [0, 0.05) is 12.6 Å². The molecule has 1 heterocycles. The minimum Gasteiger partial charge on any atom is -0.386 e. The zero-order chi connectivity index (χ0) is 13.1. The highest BCUT2D eigenvalue weighted by molar-refractivity contribution is 6.42. The van der Waals surface area contributed by atoms with Crippen molar-refractivity contribution in [2.45, 2.75) is 12.5 Å². The Morgan fingerprint density at radius 1 is 1.22 bits per heavy atom. The van der Waals surface area contributed by atoms with Crippen LogP contribution in [0.3, 0.4) is 0 Å². The third kappa shape index (κ3) is 2.80. The molecule has 1 N–H and O–H groups in total. The highest BCUT2D eigenvalue weighted by Crippen LogP contribution is 2.29. The molecule has 1 aromatic heterocycles. The van der Waals surface area contributed by atoms with E-state index in [2.05, 4.69) is 4.98 Å². The van der Waals surface area contributed by atoms with Gasteiger partial charge in [-0.05, 0) is 23.8 Å². The van der Waals surface area contributed by atoms with Gasteiger partial charge in [-0.25, -0.2) is 4.39 Å². The summed E-state index contributed by atoms with van der Waals surface area (Å²) in [5.41, 5.74) is 0.662. The maximum Gasteiger partial charge on any atom is 0.147 e. The molecule has 0 amide bonds. The SMILES string of the molecule is OC(Cc1cccc(Cl)c1Cl)c1ncccc1F. The first-order valence-corrected chi connectivity index (χ1v) is 6.06. The molecule has 2 nitrogen and oxygen atoms in total. The van der Waals surface area contributed by atoms with E-state index in [1.165, 1.54) is 18.3 Å². The van der Waals surface area contributed by atoms with Gasteiger partial charge < -0.3 is 5.11 Å². The molecule has 0 aliphatic carbocycles. The third-order valence-corrected chi connectivity index (χ3v) is 3.41. The summed E-state index contributed by atoms with van der Waals surface area (Å²) >= 11 is 11.9. The van der Waals surface area contributed by atoms with Crippen molar-refractivity contribution in [2.75, 3.05) is 0 Å². The predicted molar refractivity (Wildman–Crippen MR) is 69.3 cm³/mol. The smallest absolute Gasteiger partial charge is 0.147 e. The minimum atomic E-state index is -1.05. The van der Waals surface area contributed by atoms with Gasteiger partial charge in [0.25, 0.3) is 0 Å². The molecule has 2 aromatic rings. The van der Waals surface area contributed by atoms with Crippen LogP contribution in [-0.2, 0) is 6.42 Å². The Kier molecular flexibility index (Phi) is 4.17. The largest absolute Gasteiger partial charge is 0.386 e. The van der Waals surface area contributed by atoms with Crippen molar-refractivity contribution in [3.63, 3.8) is 0 Å². The molecule has 0 saturated carbocycles. The number of halogens is 3. The molecule has 0 bridgehead atoms. The average molecular weight is 286 g/mol. The molecule has 1 unspecified atom stereocenters. The van der Waals surface area contributed by atoms with Gasteiger partial charge in [0.15, 0.2) is 0 Å². The van der Waals surface area contributed by atoms with Crippen molar-refractivity contribution in [2.24, 2.45) is 0 Å². The van der Waals surface area contributed by atoms with Crippen molar-refractivity contribution in [3.05, 3.63) is 63.6 Å². The summed E-state index contributed by atoms with van der Waals surface area (Å²) in [5, 5.41) is 10.7. The summed E-state index contributed by atoms with van der Waals surface area (Å²) in [4.78, 5) is 3.83. The Morgan fingerprint density at radius 3 is 2.72 bits per heavy atom. The lowest BCUT2D eigenvalue weighted by Gasteiger charge is -2.12. The number of hydrogen-bond acceptors (Lipinski definition) is 2. The van der Waals surface area contributed by atoms with Gasteiger partial charge in [-0.1, -0.05) is 35.3 Å². The topological polar surface area (TPSA) is 33.1 Å². The number of aliphatic hydroxyl groups is 1. The molecule has 2 rings (SSSR count). The van der Waals surface area contributed by atoms with Crippen LogP contribution in [0.2, 0.25) is 10.0 Å². The van der Waals surface area contributed by atoms with Gasteiger partial charge in [0.05, 0.1) is 10.0 Å². The van der Waals surface area contributed by atoms with Crippen LogP contribution in [0.1, 0.15) is 17.4 Å². The summed E-state index contributed by atoms with van der Waals surface area (Å²) in [7, 11) is 0. The van der Waals surface area contributed by atoms with Crippen LogP contribution < -0.4 is 0 Å². The number of benzene rings is 1. The first-order chi connectivity index (χ1) is 8.59. The second kappa shape index (κ2) is 5.65. The van der Waals surface area contributed by atoms with Crippen LogP contribution in [0.4, 0.5) is 4.39 Å². The van der Waals surface area contributed by atoms with E-state index in [4.69, 9.17) is 23.2 Å². The van der Waals surface area contributed by atoms with E-state index in [0.29, 0.717) is 15.6 Å². The molecule has 5 heteroatoms. The van der Waals surface area contributed by atoms with E-state index in [1.807, 2.05) is 0 Å². The van der Waals surface area contributed by atoms with Crippen molar-refractivity contribution >= 4 is 23.2 Å². The highest BCUT2D eigenvalue weighted by atomic mass is 35.5. The normalized spacial score (nSPS) is 12.4. The third-order valence-electron chi connectivity index (χ3n) is 2.55. The molecule has 0 radical (unpaired) electrons. The fourth-order valence-electron chi connectivity index (χ4n) is 1.65. The lowest BCUT2D eigenvalue weighted by atomic mass is 10.0. The van der Waals surface area contributed by atoms with E-state index < -0.39 is 11.9 Å². The molecule has 0 spiro atoms. The summed E-state index contributed by atoms with van der Waals surface area (Å²) in [5.74, 6) is -0.539. The van der Waals surface area contributed by atoms with Gasteiger partial charge in [-0.2, -0.15) is 0 Å². The maximum atomic E-state index is 13.4. The minimum absolute atomic E-state index is 0.00791. The number of pyridine rings is 1. The number of aliphatic hydroxyl groups excluding tert-OH is 1. The maximum absolute atomic E-state index is 13.4. The molecule has 0 saturated heterocycles. The molecule has 1 aromatic carbocycles.